The van der Waals surface area contributed by atoms with E-state index in [2.05, 4.69) is 10.6 Å². The van der Waals surface area contributed by atoms with Crippen LogP contribution in [0.5, 0.6) is 0 Å². The number of nitrogens with two attached hydrogens (primary N) is 1. The Morgan fingerprint density at radius 2 is 1.37 bits per heavy atom. The molecule has 13 nitrogen and oxygen atoms in total. The Morgan fingerprint density at radius 3 is 1.83 bits per heavy atom. The van der Waals surface area contributed by atoms with Crippen LogP contribution in [0, 0.1) is 5.92 Å². The van der Waals surface area contributed by atoms with Crippen LogP contribution in [0.3, 0.4) is 0 Å². The maximum absolute atomic E-state index is 12.6. The second-order valence-corrected chi connectivity index (χ2v) is 7.00. The number of amides is 3. The molecule has 0 radical (unpaired) electrons. The Morgan fingerprint density at radius 1 is 0.800 bits per heavy atom. The zero-order chi connectivity index (χ0) is 23.4. The molecule has 8 N–H and O–H groups in total. The SMILES string of the molecule is CC(C)CC(NC(=O)C(N)CCC(=O)O)C(=O)NC(CC(=O)O)C(=O)NCC(=O)O. The van der Waals surface area contributed by atoms with E-state index in [0.29, 0.717) is 0 Å². The van der Waals surface area contributed by atoms with Crippen molar-refractivity contribution in [2.24, 2.45) is 11.7 Å². The van der Waals surface area contributed by atoms with Crippen LogP contribution in [-0.4, -0.2) is 75.6 Å². The number of rotatable bonds is 14. The van der Waals surface area contributed by atoms with Crippen LogP contribution in [0.25, 0.3) is 0 Å². The highest BCUT2D eigenvalue weighted by atomic mass is 16.4. The minimum atomic E-state index is -1.57. The van der Waals surface area contributed by atoms with Crippen LogP contribution in [0.4, 0.5) is 0 Å². The molecule has 170 valence electrons. The summed E-state index contributed by atoms with van der Waals surface area (Å²) in [6, 6.07) is -3.92. The van der Waals surface area contributed by atoms with Gasteiger partial charge in [-0.25, -0.2) is 0 Å². The van der Waals surface area contributed by atoms with E-state index < -0.39 is 66.7 Å². The molecule has 13 heteroatoms. The van der Waals surface area contributed by atoms with Crippen LogP contribution in [0.1, 0.15) is 39.5 Å². The molecule has 0 heterocycles. The number of carboxylic acid groups (broad SMARTS) is 3. The van der Waals surface area contributed by atoms with Crippen molar-refractivity contribution < 1.29 is 44.1 Å². The number of hydrogen-bond donors (Lipinski definition) is 7. The summed E-state index contributed by atoms with van der Waals surface area (Å²) in [5, 5.41) is 32.8. The van der Waals surface area contributed by atoms with Gasteiger partial charge in [-0.3, -0.25) is 28.8 Å². The summed E-state index contributed by atoms with van der Waals surface area (Å²) in [7, 11) is 0. The van der Waals surface area contributed by atoms with Gasteiger partial charge in [0.1, 0.15) is 18.6 Å². The number of carbonyl (C=O) groups is 6. The first-order valence-corrected chi connectivity index (χ1v) is 9.12. The van der Waals surface area contributed by atoms with Crippen molar-refractivity contribution >= 4 is 35.6 Å². The molecule has 0 saturated heterocycles. The molecule has 3 atom stereocenters. The molecule has 0 fully saturated rings. The average molecular weight is 432 g/mol. The van der Waals surface area contributed by atoms with E-state index in [1.807, 2.05) is 5.32 Å². The average Bonchev–Trinajstić information content (AvgIpc) is 2.61. The largest absolute Gasteiger partial charge is 0.481 e. The van der Waals surface area contributed by atoms with Gasteiger partial charge in [0.25, 0.3) is 0 Å². The molecule has 0 aliphatic carbocycles. The molecule has 0 aromatic carbocycles. The van der Waals surface area contributed by atoms with E-state index in [1.54, 1.807) is 13.8 Å². The summed E-state index contributed by atoms with van der Waals surface area (Å²) in [5.74, 6) is -6.65. The highest BCUT2D eigenvalue weighted by Gasteiger charge is 2.30. The van der Waals surface area contributed by atoms with Crippen molar-refractivity contribution in [2.45, 2.75) is 57.7 Å². The predicted octanol–water partition coefficient (Wildman–Crippen LogP) is -2.13. The highest BCUT2D eigenvalue weighted by Crippen LogP contribution is 2.07. The predicted molar refractivity (Wildman–Crippen MR) is 101 cm³/mol. The lowest BCUT2D eigenvalue weighted by atomic mass is 10.0. The topological polar surface area (TPSA) is 225 Å². The zero-order valence-corrected chi connectivity index (χ0v) is 16.7. The second-order valence-electron chi connectivity index (χ2n) is 7.00. The highest BCUT2D eigenvalue weighted by molar-refractivity contribution is 5.95. The van der Waals surface area contributed by atoms with Gasteiger partial charge in [0, 0.05) is 6.42 Å². The lowest BCUT2D eigenvalue weighted by Gasteiger charge is -2.24. The van der Waals surface area contributed by atoms with Gasteiger partial charge in [-0.1, -0.05) is 13.8 Å². The fourth-order valence-electron chi connectivity index (χ4n) is 2.33. The number of carbonyl (C=O) groups excluding carboxylic acids is 3. The molecule has 0 saturated carbocycles. The maximum atomic E-state index is 12.6. The quantitative estimate of drug-likeness (QED) is 0.158. The Labute approximate surface area is 172 Å². The van der Waals surface area contributed by atoms with Gasteiger partial charge < -0.3 is 37.0 Å². The molecule has 30 heavy (non-hydrogen) atoms. The summed E-state index contributed by atoms with van der Waals surface area (Å²) in [5.41, 5.74) is 5.62. The molecule has 0 rings (SSSR count). The van der Waals surface area contributed by atoms with Crippen molar-refractivity contribution in [1.82, 2.24) is 16.0 Å². The fourth-order valence-corrected chi connectivity index (χ4v) is 2.33. The van der Waals surface area contributed by atoms with Crippen molar-refractivity contribution in [2.75, 3.05) is 6.54 Å². The van der Waals surface area contributed by atoms with Crippen molar-refractivity contribution in [3.05, 3.63) is 0 Å². The standard InChI is InChI=1S/C17H28N4O9/c1-8(2)5-10(20-15(28)9(18)3-4-12(22)23)17(30)21-11(6-13(24)25)16(29)19-7-14(26)27/h8-11H,3-7,18H2,1-2H3,(H,19,29)(H,20,28)(H,21,30)(H,22,23)(H,24,25)(H,26,27). The van der Waals surface area contributed by atoms with E-state index >= 15 is 0 Å². The summed E-state index contributed by atoms with van der Waals surface area (Å²) in [6.07, 6.45) is -1.19. The first-order chi connectivity index (χ1) is 13.8. The van der Waals surface area contributed by atoms with Crippen LogP contribution < -0.4 is 21.7 Å². The Hall–Kier alpha value is -3.22. The van der Waals surface area contributed by atoms with E-state index in [1.165, 1.54) is 0 Å². The number of aliphatic carboxylic acids is 3. The molecule has 0 bridgehead atoms. The molecule has 3 unspecified atom stereocenters. The number of hydrogen-bond acceptors (Lipinski definition) is 7. The van der Waals surface area contributed by atoms with Gasteiger partial charge in [-0.2, -0.15) is 0 Å². The minimum absolute atomic E-state index is 0.0879. The van der Waals surface area contributed by atoms with Gasteiger partial charge in [-0.15, -0.1) is 0 Å². The Kier molecular flexibility index (Phi) is 11.7. The third kappa shape index (κ3) is 11.6. The van der Waals surface area contributed by atoms with Crippen molar-refractivity contribution in [3.63, 3.8) is 0 Å². The molecule has 0 spiro atoms. The monoisotopic (exact) mass is 432 g/mol. The first-order valence-electron chi connectivity index (χ1n) is 9.12. The first kappa shape index (κ1) is 26.8. The summed E-state index contributed by atoms with van der Waals surface area (Å²) in [4.78, 5) is 69.0. The van der Waals surface area contributed by atoms with Crippen molar-refractivity contribution in [1.29, 1.82) is 0 Å². The van der Waals surface area contributed by atoms with E-state index in [0.717, 1.165) is 0 Å². The molecule has 0 aliphatic rings. The van der Waals surface area contributed by atoms with Crippen LogP contribution in [0.15, 0.2) is 0 Å². The van der Waals surface area contributed by atoms with Gasteiger partial charge in [0.15, 0.2) is 0 Å². The lowest BCUT2D eigenvalue weighted by Crippen LogP contribution is -2.56. The van der Waals surface area contributed by atoms with Gasteiger partial charge in [0.2, 0.25) is 17.7 Å². The van der Waals surface area contributed by atoms with Crippen LogP contribution in [-0.2, 0) is 28.8 Å². The molecular weight excluding hydrogens is 404 g/mol. The van der Waals surface area contributed by atoms with Crippen LogP contribution >= 0.6 is 0 Å². The smallest absolute Gasteiger partial charge is 0.322 e. The molecule has 0 aromatic rings. The zero-order valence-electron chi connectivity index (χ0n) is 16.7. The van der Waals surface area contributed by atoms with Gasteiger partial charge in [0.05, 0.1) is 12.5 Å². The van der Waals surface area contributed by atoms with E-state index in [9.17, 15) is 28.8 Å². The second kappa shape index (κ2) is 13.1. The minimum Gasteiger partial charge on any atom is -0.481 e. The summed E-state index contributed by atoms with van der Waals surface area (Å²) >= 11 is 0. The van der Waals surface area contributed by atoms with Crippen molar-refractivity contribution in [3.8, 4) is 0 Å². The molecular formula is C17H28N4O9. The molecule has 0 aliphatic heterocycles. The van der Waals surface area contributed by atoms with E-state index in [-0.39, 0.29) is 25.2 Å². The Balaban J connectivity index is 5.24. The summed E-state index contributed by atoms with van der Waals surface area (Å²) in [6.45, 7) is 2.74. The molecule has 0 aromatic heterocycles. The van der Waals surface area contributed by atoms with E-state index in [4.69, 9.17) is 21.1 Å². The number of nitrogens with one attached hydrogen (secondary N) is 3. The van der Waals surface area contributed by atoms with Gasteiger partial charge >= 0.3 is 17.9 Å². The summed E-state index contributed by atoms with van der Waals surface area (Å²) < 4.78 is 0. The normalized spacial score (nSPS) is 13.6. The maximum Gasteiger partial charge on any atom is 0.322 e. The van der Waals surface area contributed by atoms with Gasteiger partial charge in [-0.05, 0) is 18.8 Å². The van der Waals surface area contributed by atoms with Crippen LogP contribution in [0.2, 0.25) is 0 Å². The third-order valence-corrected chi connectivity index (χ3v) is 3.77. The molecule has 3 amide bonds. The number of carboxylic acids is 3. The lowest BCUT2D eigenvalue weighted by molar-refractivity contribution is -0.142. The third-order valence-electron chi connectivity index (χ3n) is 3.77. The Bertz CT molecular complexity index is 666. The fraction of sp³-hybridized carbons (Fsp3) is 0.647.